The van der Waals surface area contributed by atoms with E-state index in [2.05, 4.69) is 54.7 Å². The standard InChI is InChI=1S/C7H13Br3O/c1-2-3-4-7(9,10)6(11)5-8/h6,11H,2-5H2,1H3. The summed E-state index contributed by atoms with van der Waals surface area (Å²) in [6.45, 7) is 2.14. The van der Waals surface area contributed by atoms with Gasteiger partial charge in [-0.15, -0.1) is 0 Å². The van der Waals surface area contributed by atoms with Crippen LogP contribution in [-0.4, -0.2) is 19.8 Å². The lowest BCUT2D eigenvalue weighted by Gasteiger charge is -2.24. The summed E-state index contributed by atoms with van der Waals surface area (Å²) < 4.78 is -0.306. The number of halogens is 3. The van der Waals surface area contributed by atoms with Crippen molar-refractivity contribution in [2.24, 2.45) is 0 Å². The molecule has 1 nitrogen and oxygen atoms in total. The van der Waals surface area contributed by atoms with Crippen LogP contribution in [0.4, 0.5) is 0 Å². The molecule has 0 aromatic heterocycles. The molecule has 1 N–H and O–H groups in total. The molecule has 0 aliphatic heterocycles. The van der Waals surface area contributed by atoms with Gasteiger partial charge in [0.15, 0.2) is 0 Å². The molecule has 0 spiro atoms. The minimum absolute atomic E-state index is 0.306. The molecular formula is C7H13Br3O. The first-order chi connectivity index (χ1) is 5.04. The van der Waals surface area contributed by atoms with Gasteiger partial charge in [0.05, 0.1) is 6.10 Å². The van der Waals surface area contributed by atoms with Crippen molar-refractivity contribution in [3.63, 3.8) is 0 Å². The Bertz CT molecular complexity index is 106. The molecule has 1 unspecified atom stereocenters. The van der Waals surface area contributed by atoms with E-state index < -0.39 is 0 Å². The lowest BCUT2D eigenvalue weighted by molar-refractivity contribution is 0.186. The largest absolute Gasteiger partial charge is 0.390 e. The van der Waals surface area contributed by atoms with E-state index in [0.29, 0.717) is 5.33 Å². The highest BCUT2D eigenvalue weighted by Crippen LogP contribution is 2.36. The summed E-state index contributed by atoms with van der Waals surface area (Å²) in [6.07, 6.45) is 2.82. The van der Waals surface area contributed by atoms with E-state index in [-0.39, 0.29) is 9.34 Å². The number of rotatable bonds is 5. The highest BCUT2D eigenvalue weighted by atomic mass is 79.9. The topological polar surface area (TPSA) is 20.2 Å². The van der Waals surface area contributed by atoms with Crippen LogP contribution in [0, 0.1) is 0 Å². The first-order valence-corrected chi connectivity index (χ1v) is 6.37. The molecule has 0 aliphatic rings. The predicted octanol–water partition coefficient (Wildman–Crippen LogP) is 3.42. The lowest BCUT2D eigenvalue weighted by Crippen LogP contribution is -2.31. The van der Waals surface area contributed by atoms with Crippen molar-refractivity contribution in [2.45, 2.75) is 35.5 Å². The van der Waals surface area contributed by atoms with Crippen molar-refractivity contribution >= 4 is 47.8 Å². The zero-order valence-corrected chi connectivity index (χ0v) is 11.2. The Kier molecular flexibility index (Phi) is 6.70. The van der Waals surface area contributed by atoms with Gasteiger partial charge >= 0.3 is 0 Å². The zero-order chi connectivity index (χ0) is 8.91. The normalized spacial score (nSPS) is 15.0. The predicted molar refractivity (Wildman–Crippen MR) is 59.9 cm³/mol. The van der Waals surface area contributed by atoms with Crippen LogP contribution in [0.5, 0.6) is 0 Å². The van der Waals surface area contributed by atoms with Crippen LogP contribution in [0.25, 0.3) is 0 Å². The van der Waals surface area contributed by atoms with Gasteiger partial charge < -0.3 is 5.11 Å². The highest BCUT2D eigenvalue weighted by molar-refractivity contribution is 9.25. The Morgan fingerprint density at radius 3 is 2.36 bits per heavy atom. The van der Waals surface area contributed by atoms with Gasteiger partial charge in [0.1, 0.15) is 3.23 Å². The van der Waals surface area contributed by atoms with Crippen LogP contribution >= 0.6 is 47.8 Å². The molecule has 68 valence electrons. The van der Waals surface area contributed by atoms with E-state index in [9.17, 15) is 5.11 Å². The summed E-state index contributed by atoms with van der Waals surface area (Å²) in [7, 11) is 0. The van der Waals surface area contributed by atoms with E-state index >= 15 is 0 Å². The minimum atomic E-state index is -0.381. The van der Waals surface area contributed by atoms with E-state index in [1.165, 1.54) is 0 Å². The second kappa shape index (κ2) is 5.95. The fourth-order valence-electron chi connectivity index (χ4n) is 0.692. The van der Waals surface area contributed by atoms with Crippen LogP contribution in [-0.2, 0) is 0 Å². The van der Waals surface area contributed by atoms with E-state index in [0.717, 1.165) is 19.3 Å². The molecule has 0 rings (SSSR count). The van der Waals surface area contributed by atoms with Gasteiger partial charge in [-0.2, -0.15) is 0 Å². The molecule has 0 amide bonds. The average Bonchev–Trinajstić information content (AvgIpc) is 1.99. The number of unbranched alkanes of at least 4 members (excludes halogenated alkanes) is 1. The van der Waals surface area contributed by atoms with Crippen LogP contribution in [0.3, 0.4) is 0 Å². The maximum absolute atomic E-state index is 9.47. The second-order valence-corrected chi connectivity index (χ2v) is 7.08. The maximum Gasteiger partial charge on any atom is 0.107 e. The van der Waals surface area contributed by atoms with Crippen LogP contribution in [0.2, 0.25) is 0 Å². The summed E-state index contributed by atoms with van der Waals surface area (Å²) >= 11 is 10.1. The van der Waals surface area contributed by atoms with Crippen molar-refractivity contribution in [3.05, 3.63) is 0 Å². The fourth-order valence-corrected chi connectivity index (χ4v) is 3.00. The zero-order valence-electron chi connectivity index (χ0n) is 6.49. The molecule has 0 fully saturated rings. The number of alkyl halides is 3. The SMILES string of the molecule is CCCCC(Br)(Br)C(O)CBr. The van der Waals surface area contributed by atoms with Crippen molar-refractivity contribution in [2.75, 3.05) is 5.33 Å². The van der Waals surface area contributed by atoms with Gasteiger partial charge in [-0.1, -0.05) is 67.6 Å². The van der Waals surface area contributed by atoms with Gasteiger partial charge in [-0.05, 0) is 6.42 Å². The number of aliphatic hydroxyl groups is 1. The summed E-state index contributed by atoms with van der Waals surface area (Å²) in [5.41, 5.74) is 0. The Morgan fingerprint density at radius 2 is 2.00 bits per heavy atom. The molecule has 0 radical (unpaired) electrons. The number of hydrogen-bond acceptors (Lipinski definition) is 1. The molecule has 1 atom stereocenters. The quantitative estimate of drug-likeness (QED) is 0.752. The van der Waals surface area contributed by atoms with Crippen molar-refractivity contribution < 1.29 is 5.11 Å². The van der Waals surface area contributed by atoms with Crippen molar-refractivity contribution in [3.8, 4) is 0 Å². The Morgan fingerprint density at radius 1 is 1.45 bits per heavy atom. The summed E-state index contributed by atoms with van der Waals surface area (Å²) in [5.74, 6) is 0. The highest BCUT2D eigenvalue weighted by Gasteiger charge is 2.30. The third-order valence-electron chi connectivity index (χ3n) is 1.50. The monoisotopic (exact) mass is 350 g/mol. The van der Waals surface area contributed by atoms with Crippen molar-refractivity contribution in [1.29, 1.82) is 0 Å². The average molecular weight is 353 g/mol. The number of hydrogen-bond donors (Lipinski definition) is 1. The molecule has 0 saturated carbocycles. The van der Waals surface area contributed by atoms with Crippen LogP contribution in [0.1, 0.15) is 26.2 Å². The molecule has 0 saturated heterocycles. The van der Waals surface area contributed by atoms with Gasteiger partial charge in [0.25, 0.3) is 0 Å². The number of aliphatic hydroxyl groups excluding tert-OH is 1. The molecule has 4 heteroatoms. The summed E-state index contributed by atoms with van der Waals surface area (Å²) in [6, 6.07) is 0. The molecule has 0 bridgehead atoms. The fraction of sp³-hybridized carbons (Fsp3) is 1.00. The molecular weight excluding hydrogens is 340 g/mol. The lowest BCUT2D eigenvalue weighted by atomic mass is 10.1. The molecule has 0 aromatic rings. The van der Waals surface area contributed by atoms with E-state index in [4.69, 9.17) is 0 Å². The Hall–Kier alpha value is 1.40. The Labute approximate surface area is 93.3 Å². The van der Waals surface area contributed by atoms with Crippen molar-refractivity contribution in [1.82, 2.24) is 0 Å². The minimum Gasteiger partial charge on any atom is -0.390 e. The first kappa shape index (κ1) is 12.4. The van der Waals surface area contributed by atoms with Crippen LogP contribution in [0.15, 0.2) is 0 Å². The molecule has 0 aromatic carbocycles. The summed E-state index contributed by atoms with van der Waals surface area (Å²) in [4.78, 5) is 0. The van der Waals surface area contributed by atoms with Gasteiger partial charge in [-0.3, -0.25) is 0 Å². The third-order valence-corrected chi connectivity index (χ3v) is 3.96. The van der Waals surface area contributed by atoms with Gasteiger partial charge in [-0.25, -0.2) is 0 Å². The van der Waals surface area contributed by atoms with Gasteiger partial charge in [0, 0.05) is 5.33 Å². The molecule has 11 heavy (non-hydrogen) atoms. The second-order valence-electron chi connectivity index (χ2n) is 2.53. The van der Waals surface area contributed by atoms with E-state index in [1.807, 2.05) is 0 Å². The molecule has 0 aliphatic carbocycles. The third kappa shape index (κ3) is 4.86. The Balaban J connectivity index is 3.77. The summed E-state index contributed by atoms with van der Waals surface area (Å²) in [5, 5.41) is 10.1. The molecule has 0 heterocycles. The van der Waals surface area contributed by atoms with E-state index in [1.54, 1.807) is 0 Å². The van der Waals surface area contributed by atoms with Gasteiger partial charge in [0.2, 0.25) is 0 Å². The smallest absolute Gasteiger partial charge is 0.107 e. The maximum atomic E-state index is 9.47. The first-order valence-electron chi connectivity index (χ1n) is 3.66. The van der Waals surface area contributed by atoms with Crippen LogP contribution < -0.4 is 0 Å².